The largest absolute Gasteiger partial charge is 0.492 e. The van der Waals surface area contributed by atoms with E-state index in [1.165, 1.54) is 7.11 Å². The number of hydrogen-bond acceptors (Lipinski definition) is 1. The Bertz CT molecular complexity index is 312. The lowest BCUT2D eigenvalue weighted by molar-refractivity contribution is 0.382. The van der Waals surface area contributed by atoms with Gasteiger partial charge >= 0.3 is 0 Å². The highest BCUT2D eigenvalue weighted by Gasteiger charge is 2.12. The van der Waals surface area contributed by atoms with Crippen LogP contribution in [0.15, 0.2) is 15.0 Å². The van der Waals surface area contributed by atoms with Gasteiger partial charge in [-0.25, -0.2) is 4.39 Å². The van der Waals surface area contributed by atoms with Crippen LogP contribution >= 0.6 is 31.9 Å². The highest BCUT2D eigenvalue weighted by molar-refractivity contribution is 9.11. The zero-order valence-electron chi connectivity index (χ0n) is 6.62. The van der Waals surface area contributed by atoms with Crippen LogP contribution in [-0.4, -0.2) is 7.11 Å². The second kappa shape index (κ2) is 3.75. The lowest BCUT2D eigenvalue weighted by Gasteiger charge is -2.08. The van der Waals surface area contributed by atoms with Crippen LogP contribution in [0.25, 0.3) is 0 Å². The molecule has 0 atom stereocenters. The Hall–Kier alpha value is -0.0900. The van der Waals surface area contributed by atoms with Crippen molar-refractivity contribution < 1.29 is 9.13 Å². The first-order valence-electron chi connectivity index (χ1n) is 3.26. The van der Waals surface area contributed by atoms with Crippen LogP contribution in [0.2, 0.25) is 0 Å². The molecule has 1 nitrogen and oxygen atoms in total. The third-order valence-corrected chi connectivity index (χ3v) is 2.97. The minimum atomic E-state index is -0.334. The van der Waals surface area contributed by atoms with Gasteiger partial charge in [-0.15, -0.1) is 0 Å². The van der Waals surface area contributed by atoms with Gasteiger partial charge in [-0.3, -0.25) is 0 Å². The van der Waals surface area contributed by atoms with Gasteiger partial charge < -0.3 is 4.74 Å². The van der Waals surface area contributed by atoms with Crippen LogP contribution in [0, 0.1) is 12.7 Å². The summed E-state index contributed by atoms with van der Waals surface area (Å²) in [6.07, 6.45) is 0. The molecule has 0 aromatic heterocycles. The summed E-state index contributed by atoms with van der Waals surface area (Å²) in [6, 6.07) is 1.76. The predicted molar refractivity (Wildman–Crippen MR) is 53.1 cm³/mol. The Morgan fingerprint density at radius 2 is 1.92 bits per heavy atom. The van der Waals surface area contributed by atoms with Crippen molar-refractivity contribution in [3.8, 4) is 5.75 Å². The zero-order chi connectivity index (χ0) is 9.30. The van der Waals surface area contributed by atoms with E-state index in [0.717, 1.165) is 4.47 Å². The fraction of sp³-hybridized carbons (Fsp3) is 0.250. The van der Waals surface area contributed by atoms with Crippen LogP contribution in [0.3, 0.4) is 0 Å². The average molecular weight is 298 g/mol. The maximum absolute atomic E-state index is 13.3. The number of ether oxygens (including phenoxy) is 1. The zero-order valence-corrected chi connectivity index (χ0v) is 9.79. The van der Waals surface area contributed by atoms with Crippen molar-refractivity contribution >= 4 is 31.9 Å². The van der Waals surface area contributed by atoms with Gasteiger partial charge in [-0.05, 0) is 28.9 Å². The lowest BCUT2D eigenvalue weighted by atomic mass is 10.2. The number of benzene rings is 1. The van der Waals surface area contributed by atoms with E-state index in [0.29, 0.717) is 10.0 Å². The minimum absolute atomic E-state index is 0.246. The predicted octanol–water partition coefficient (Wildman–Crippen LogP) is 3.67. The van der Waals surface area contributed by atoms with Crippen LogP contribution in [0.4, 0.5) is 4.39 Å². The van der Waals surface area contributed by atoms with Crippen molar-refractivity contribution in [3.05, 3.63) is 26.4 Å². The molecule has 0 unspecified atom stereocenters. The summed E-state index contributed by atoms with van der Waals surface area (Å²) in [4.78, 5) is 0. The molecule has 0 aliphatic carbocycles. The van der Waals surface area contributed by atoms with Crippen molar-refractivity contribution in [1.82, 2.24) is 0 Å². The Kier molecular flexibility index (Phi) is 3.12. The number of rotatable bonds is 1. The Labute approximate surface area is 87.2 Å². The molecule has 0 heterocycles. The van der Waals surface area contributed by atoms with Crippen LogP contribution in [0.5, 0.6) is 5.75 Å². The van der Waals surface area contributed by atoms with Crippen molar-refractivity contribution in [2.24, 2.45) is 0 Å². The number of halogens is 3. The summed E-state index contributed by atoms with van der Waals surface area (Å²) in [5, 5.41) is 0. The van der Waals surface area contributed by atoms with E-state index in [-0.39, 0.29) is 11.6 Å². The van der Waals surface area contributed by atoms with E-state index in [1.807, 2.05) is 0 Å². The quantitative estimate of drug-likeness (QED) is 0.768. The molecule has 0 bridgehead atoms. The third kappa shape index (κ3) is 1.64. The molecule has 0 spiro atoms. The molecule has 0 N–H and O–H groups in total. The molecule has 0 aliphatic rings. The number of hydrogen-bond donors (Lipinski definition) is 0. The summed E-state index contributed by atoms with van der Waals surface area (Å²) >= 11 is 6.43. The third-order valence-electron chi connectivity index (χ3n) is 1.56. The molecule has 1 aromatic rings. The first kappa shape index (κ1) is 9.99. The lowest BCUT2D eigenvalue weighted by Crippen LogP contribution is -1.93. The Morgan fingerprint density at radius 3 is 2.42 bits per heavy atom. The fourth-order valence-corrected chi connectivity index (χ4v) is 2.13. The Morgan fingerprint density at radius 1 is 1.33 bits per heavy atom. The molecule has 12 heavy (non-hydrogen) atoms. The standard InChI is InChI=1S/C8H7Br2FO/c1-4-5(9)3-6(10)8(12-2)7(4)11/h3H,1-2H3. The second-order valence-electron chi connectivity index (χ2n) is 2.31. The summed E-state index contributed by atoms with van der Waals surface area (Å²) in [5.41, 5.74) is 0.551. The van der Waals surface area contributed by atoms with Crippen molar-refractivity contribution in [2.75, 3.05) is 7.11 Å². The van der Waals surface area contributed by atoms with Crippen molar-refractivity contribution in [3.63, 3.8) is 0 Å². The van der Waals surface area contributed by atoms with Crippen LogP contribution < -0.4 is 4.74 Å². The van der Waals surface area contributed by atoms with Gasteiger partial charge in [0.1, 0.15) is 0 Å². The van der Waals surface area contributed by atoms with E-state index in [4.69, 9.17) is 4.74 Å². The smallest absolute Gasteiger partial charge is 0.170 e. The van der Waals surface area contributed by atoms with Gasteiger partial charge in [0.15, 0.2) is 11.6 Å². The topological polar surface area (TPSA) is 9.23 Å². The normalized spacial score (nSPS) is 10.1. The molecule has 0 saturated carbocycles. The first-order chi connectivity index (χ1) is 5.57. The summed E-state index contributed by atoms with van der Waals surface area (Å²) in [7, 11) is 1.44. The molecule has 66 valence electrons. The van der Waals surface area contributed by atoms with E-state index < -0.39 is 0 Å². The van der Waals surface area contributed by atoms with Crippen molar-refractivity contribution in [2.45, 2.75) is 6.92 Å². The molecule has 0 saturated heterocycles. The van der Waals surface area contributed by atoms with Gasteiger partial charge in [-0.1, -0.05) is 15.9 Å². The SMILES string of the molecule is COc1c(Br)cc(Br)c(C)c1F. The summed E-state index contributed by atoms with van der Waals surface area (Å²) in [5.74, 6) is -0.0885. The van der Waals surface area contributed by atoms with Crippen LogP contribution in [0.1, 0.15) is 5.56 Å². The molecule has 4 heteroatoms. The second-order valence-corrected chi connectivity index (χ2v) is 4.02. The molecule has 0 amide bonds. The van der Waals surface area contributed by atoms with Gasteiger partial charge in [0, 0.05) is 10.0 Å². The first-order valence-corrected chi connectivity index (χ1v) is 4.84. The van der Waals surface area contributed by atoms with E-state index >= 15 is 0 Å². The maximum atomic E-state index is 13.3. The van der Waals surface area contributed by atoms with Crippen molar-refractivity contribution in [1.29, 1.82) is 0 Å². The minimum Gasteiger partial charge on any atom is -0.492 e. The van der Waals surface area contributed by atoms with Gasteiger partial charge in [0.05, 0.1) is 11.6 Å². The molecule has 1 aromatic carbocycles. The van der Waals surface area contributed by atoms with E-state index in [1.54, 1.807) is 13.0 Å². The highest BCUT2D eigenvalue weighted by atomic mass is 79.9. The van der Waals surface area contributed by atoms with Gasteiger partial charge in [0.25, 0.3) is 0 Å². The van der Waals surface area contributed by atoms with Gasteiger partial charge in [0.2, 0.25) is 0 Å². The molecule has 1 rings (SSSR count). The van der Waals surface area contributed by atoms with E-state index in [2.05, 4.69) is 31.9 Å². The van der Waals surface area contributed by atoms with Gasteiger partial charge in [-0.2, -0.15) is 0 Å². The monoisotopic (exact) mass is 296 g/mol. The highest BCUT2D eigenvalue weighted by Crippen LogP contribution is 2.34. The molecule has 0 aliphatic heterocycles. The fourth-order valence-electron chi connectivity index (χ4n) is 0.852. The maximum Gasteiger partial charge on any atom is 0.170 e. The number of methoxy groups -OCH3 is 1. The molecule has 0 radical (unpaired) electrons. The molecular weight excluding hydrogens is 291 g/mol. The molecular formula is C8H7Br2FO. The Balaban J connectivity index is 3.40. The van der Waals surface area contributed by atoms with E-state index in [9.17, 15) is 4.39 Å². The summed E-state index contributed by atoms with van der Waals surface area (Å²) < 4.78 is 19.5. The van der Waals surface area contributed by atoms with Crippen LogP contribution in [-0.2, 0) is 0 Å². The molecule has 0 fully saturated rings. The summed E-state index contributed by atoms with van der Waals surface area (Å²) in [6.45, 7) is 1.69. The average Bonchev–Trinajstić information content (AvgIpc) is 2.01.